The molecule has 0 unspecified atom stereocenters. The van der Waals surface area contributed by atoms with Crippen LogP contribution in [0.2, 0.25) is 0 Å². The highest BCUT2D eigenvalue weighted by molar-refractivity contribution is 5.54. The molecule has 0 radical (unpaired) electrons. The normalized spacial score (nSPS) is 17.2. The summed E-state index contributed by atoms with van der Waals surface area (Å²) in [6.45, 7) is 8.92. The number of nitrogens with two attached hydrogens (primary N) is 1. The minimum Gasteiger partial charge on any atom is -0.369 e. The number of halogens is 1. The van der Waals surface area contributed by atoms with Crippen LogP contribution in [0.3, 0.4) is 0 Å². The molecule has 0 spiro atoms. The van der Waals surface area contributed by atoms with Crippen molar-refractivity contribution in [3.05, 3.63) is 29.6 Å². The van der Waals surface area contributed by atoms with E-state index in [-0.39, 0.29) is 5.82 Å². The van der Waals surface area contributed by atoms with Crippen molar-refractivity contribution in [3.8, 4) is 0 Å². The number of nitrogens with zero attached hydrogens (tertiary/aromatic N) is 2. The molecule has 1 heterocycles. The predicted molar refractivity (Wildman–Crippen MR) is 78.1 cm³/mol. The van der Waals surface area contributed by atoms with E-state index in [9.17, 15) is 4.39 Å². The van der Waals surface area contributed by atoms with E-state index in [1.807, 2.05) is 6.07 Å². The molecule has 2 rings (SSSR count). The smallest absolute Gasteiger partial charge is 0.128 e. The summed E-state index contributed by atoms with van der Waals surface area (Å²) in [7, 11) is 0. The highest BCUT2D eigenvalue weighted by atomic mass is 19.1. The molecule has 0 aliphatic carbocycles. The Morgan fingerprint density at radius 2 is 1.89 bits per heavy atom. The van der Waals surface area contributed by atoms with Crippen LogP contribution in [0.5, 0.6) is 0 Å². The standard InChI is InChI=1S/C15H24FN3/c1-12(2)18-8-10-19(11-9-18)15-5-3-4-14(16)13(15)6-7-17/h3-5,12H,6-11,17H2,1-2H3. The first kappa shape index (κ1) is 14.3. The second-order valence-corrected chi connectivity index (χ2v) is 5.39. The fourth-order valence-corrected chi connectivity index (χ4v) is 2.71. The van der Waals surface area contributed by atoms with Gasteiger partial charge in [0.05, 0.1) is 0 Å². The maximum absolute atomic E-state index is 13.9. The van der Waals surface area contributed by atoms with Gasteiger partial charge in [-0.15, -0.1) is 0 Å². The SMILES string of the molecule is CC(C)N1CCN(c2cccc(F)c2CCN)CC1. The lowest BCUT2D eigenvalue weighted by molar-refractivity contribution is 0.209. The fourth-order valence-electron chi connectivity index (χ4n) is 2.71. The van der Waals surface area contributed by atoms with Crippen molar-refractivity contribution >= 4 is 5.69 Å². The van der Waals surface area contributed by atoms with E-state index in [1.54, 1.807) is 6.07 Å². The van der Waals surface area contributed by atoms with E-state index in [0.717, 1.165) is 37.4 Å². The van der Waals surface area contributed by atoms with Crippen molar-refractivity contribution in [2.45, 2.75) is 26.3 Å². The van der Waals surface area contributed by atoms with Crippen LogP contribution in [-0.4, -0.2) is 43.7 Å². The molecule has 1 aromatic carbocycles. The van der Waals surface area contributed by atoms with Crippen LogP contribution >= 0.6 is 0 Å². The Morgan fingerprint density at radius 3 is 2.47 bits per heavy atom. The molecule has 2 N–H and O–H groups in total. The van der Waals surface area contributed by atoms with Crippen LogP contribution in [0.15, 0.2) is 18.2 Å². The van der Waals surface area contributed by atoms with Gasteiger partial charge in [0.1, 0.15) is 5.82 Å². The Bertz CT molecular complexity index is 412. The van der Waals surface area contributed by atoms with Gasteiger partial charge in [0.25, 0.3) is 0 Å². The maximum Gasteiger partial charge on any atom is 0.128 e. The van der Waals surface area contributed by atoms with Crippen molar-refractivity contribution in [1.29, 1.82) is 0 Å². The molecule has 0 atom stereocenters. The fraction of sp³-hybridized carbons (Fsp3) is 0.600. The predicted octanol–water partition coefficient (Wildman–Crippen LogP) is 1.86. The number of benzene rings is 1. The summed E-state index contributed by atoms with van der Waals surface area (Å²) >= 11 is 0. The van der Waals surface area contributed by atoms with Gasteiger partial charge in [-0.3, -0.25) is 4.90 Å². The first-order valence-corrected chi connectivity index (χ1v) is 7.10. The third kappa shape index (κ3) is 3.25. The van der Waals surface area contributed by atoms with Gasteiger partial charge in [-0.25, -0.2) is 4.39 Å². The first-order chi connectivity index (χ1) is 9.13. The quantitative estimate of drug-likeness (QED) is 0.902. The molecule has 1 fully saturated rings. The van der Waals surface area contributed by atoms with Crippen LogP contribution < -0.4 is 10.6 Å². The molecule has 0 bridgehead atoms. The molecule has 1 aliphatic heterocycles. The second kappa shape index (κ2) is 6.35. The van der Waals surface area contributed by atoms with Crippen LogP contribution in [0.25, 0.3) is 0 Å². The largest absolute Gasteiger partial charge is 0.369 e. The van der Waals surface area contributed by atoms with Gasteiger partial charge < -0.3 is 10.6 Å². The molecular weight excluding hydrogens is 241 g/mol. The Balaban J connectivity index is 2.13. The average Bonchev–Trinajstić information content (AvgIpc) is 2.41. The molecule has 0 aromatic heterocycles. The summed E-state index contributed by atoms with van der Waals surface area (Å²) in [4.78, 5) is 4.74. The topological polar surface area (TPSA) is 32.5 Å². The van der Waals surface area contributed by atoms with Crippen LogP contribution in [-0.2, 0) is 6.42 Å². The Hall–Kier alpha value is -1.13. The van der Waals surface area contributed by atoms with Crippen molar-refractivity contribution in [2.75, 3.05) is 37.6 Å². The zero-order valence-corrected chi connectivity index (χ0v) is 11.9. The summed E-state index contributed by atoms with van der Waals surface area (Å²) in [6.07, 6.45) is 0.604. The summed E-state index contributed by atoms with van der Waals surface area (Å²) < 4.78 is 13.9. The number of piperazine rings is 1. The van der Waals surface area contributed by atoms with Crippen molar-refractivity contribution in [1.82, 2.24) is 4.90 Å². The van der Waals surface area contributed by atoms with Gasteiger partial charge in [-0.05, 0) is 38.9 Å². The summed E-state index contributed by atoms with van der Waals surface area (Å²) in [5.41, 5.74) is 7.38. The third-order valence-electron chi connectivity index (χ3n) is 3.87. The van der Waals surface area contributed by atoms with E-state index < -0.39 is 0 Å². The minimum atomic E-state index is -0.130. The van der Waals surface area contributed by atoms with E-state index in [2.05, 4.69) is 23.6 Å². The van der Waals surface area contributed by atoms with E-state index in [1.165, 1.54) is 6.07 Å². The summed E-state index contributed by atoms with van der Waals surface area (Å²) in [5, 5.41) is 0. The van der Waals surface area contributed by atoms with E-state index >= 15 is 0 Å². The number of hydrogen-bond acceptors (Lipinski definition) is 3. The molecule has 1 aliphatic rings. The molecule has 3 nitrogen and oxygen atoms in total. The summed E-state index contributed by atoms with van der Waals surface area (Å²) in [5.74, 6) is -0.130. The van der Waals surface area contributed by atoms with Gasteiger partial charge in [0, 0.05) is 43.5 Å². The number of anilines is 1. The third-order valence-corrected chi connectivity index (χ3v) is 3.87. The molecule has 0 amide bonds. The zero-order chi connectivity index (χ0) is 13.8. The Labute approximate surface area is 115 Å². The molecule has 1 aromatic rings. The van der Waals surface area contributed by atoms with Crippen molar-refractivity contribution in [3.63, 3.8) is 0 Å². The summed E-state index contributed by atoms with van der Waals surface area (Å²) in [6, 6.07) is 5.91. The lowest BCUT2D eigenvalue weighted by Crippen LogP contribution is -2.49. The van der Waals surface area contributed by atoms with Crippen LogP contribution in [0.1, 0.15) is 19.4 Å². The van der Waals surface area contributed by atoms with Gasteiger partial charge in [-0.2, -0.15) is 0 Å². The zero-order valence-electron chi connectivity index (χ0n) is 11.9. The van der Waals surface area contributed by atoms with Crippen LogP contribution in [0.4, 0.5) is 10.1 Å². The van der Waals surface area contributed by atoms with Crippen molar-refractivity contribution < 1.29 is 4.39 Å². The molecule has 4 heteroatoms. The van der Waals surface area contributed by atoms with Gasteiger partial charge in [0.2, 0.25) is 0 Å². The number of rotatable bonds is 4. The molecule has 106 valence electrons. The average molecular weight is 265 g/mol. The molecule has 0 saturated carbocycles. The van der Waals surface area contributed by atoms with Crippen molar-refractivity contribution in [2.24, 2.45) is 5.73 Å². The second-order valence-electron chi connectivity index (χ2n) is 5.39. The highest BCUT2D eigenvalue weighted by Crippen LogP contribution is 2.25. The van der Waals surface area contributed by atoms with Gasteiger partial charge >= 0.3 is 0 Å². The first-order valence-electron chi connectivity index (χ1n) is 7.10. The minimum absolute atomic E-state index is 0.130. The highest BCUT2D eigenvalue weighted by Gasteiger charge is 2.21. The Morgan fingerprint density at radius 1 is 1.21 bits per heavy atom. The molecular formula is C15H24FN3. The van der Waals surface area contributed by atoms with E-state index in [4.69, 9.17) is 5.73 Å². The Kier molecular flexibility index (Phi) is 4.77. The van der Waals surface area contributed by atoms with Gasteiger partial charge in [-0.1, -0.05) is 6.07 Å². The lowest BCUT2D eigenvalue weighted by Gasteiger charge is -2.39. The molecule has 19 heavy (non-hydrogen) atoms. The van der Waals surface area contributed by atoms with E-state index in [0.29, 0.717) is 19.0 Å². The monoisotopic (exact) mass is 265 g/mol. The van der Waals surface area contributed by atoms with Gasteiger partial charge in [0.15, 0.2) is 0 Å². The maximum atomic E-state index is 13.9. The van der Waals surface area contributed by atoms with Crippen LogP contribution in [0, 0.1) is 5.82 Å². The number of hydrogen-bond donors (Lipinski definition) is 1. The lowest BCUT2D eigenvalue weighted by atomic mass is 10.1. The molecule has 1 saturated heterocycles.